The minimum Gasteiger partial charge on any atom is -0.534 e. The van der Waals surface area contributed by atoms with Gasteiger partial charge in [-0.05, 0) is 5.92 Å². The van der Waals surface area contributed by atoms with Gasteiger partial charge in [0.25, 0.3) is 0 Å². The van der Waals surface area contributed by atoms with E-state index >= 15 is 0 Å². The molecule has 0 rings (SSSR count). The van der Waals surface area contributed by atoms with Gasteiger partial charge in [-0.15, -0.1) is 0 Å². The standard InChI is InChI=1S/C16H28.4Y.4H2/c1-7-8-9-11-15(4)12-10-13-16(5,6)14(2)3;;;;;;;;/h9-10,14H,1,8,11-13H2,2-6H3;;;;;4*1H/q-4;;;;;;;;. The zero-order valence-corrected chi connectivity index (χ0v) is 25.4. The molecule has 0 saturated carbocycles. The van der Waals surface area contributed by atoms with Crippen LogP contribution in [-0.2, 0) is 131 Å². The second kappa shape index (κ2) is 21.2. The first-order chi connectivity index (χ1) is 7.40. The molecule has 0 saturated heterocycles. The molecule has 4 radical (unpaired) electrons. The maximum Gasteiger partial charge on any atom is 0 e. The Morgan fingerprint density at radius 2 is 1.55 bits per heavy atom. The van der Waals surface area contributed by atoms with E-state index in [-0.39, 0.29) is 137 Å². The van der Waals surface area contributed by atoms with Gasteiger partial charge in [-0.2, -0.15) is 13.3 Å². The minimum atomic E-state index is 0. The van der Waals surface area contributed by atoms with Crippen LogP contribution < -0.4 is 0 Å². The van der Waals surface area contributed by atoms with Gasteiger partial charge in [-0.25, -0.2) is 0 Å². The molecule has 0 aromatic heterocycles. The largest absolute Gasteiger partial charge is 0.534 e. The van der Waals surface area contributed by atoms with Gasteiger partial charge in [0.15, 0.2) is 0 Å². The SMILES string of the molecule is C=[C-]C[CH-]C[C-](C)C[CH-]CC(C)(C)C(C)C.[HH].[HH].[HH].[HH].[Y].[Y].[Y].[Y]. The van der Waals surface area contributed by atoms with Crippen LogP contribution in [0.3, 0.4) is 0 Å². The maximum absolute atomic E-state index is 3.60. The van der Waals surface area contributed by atoms with Crippen LogP contribution in [0.1, 0.15) is 66.0 Å². The number of rotatable bonds is 9. The van der Waals surface area contributed by atoms with E-state index in [9.17, 15) is 0 Å². The Kier molecular flexibility index (Phi) is 37.4. The topological polar surface area (TPSA) is 0 Å². The second-order valence-corrected chi connectivity index (χ2v) is 5.74. The first-order valence-electron chi connectivity index (χ1n) is 6.34. The summed E-state index contributed by atoms with van der Waals surface area (Å²) >= 11 is 0. The Hall–Kier alpha value is 4.16. The molecule has 0 aromatic rings. The molecule has 0 N–H and O–H groups in total. The van der Waals surface area contributed by atoms with Crippen molar-refractivity contribution in [2.24, 2.45) is 11.3 Å². The zero-order chi connectivity index (χ0) is 12.6. The molecule has 0 nitrogen and oxygen atoms in total. The Morgan fingerprint density at radius 3 is 1.95 bits per heavy atom. The van der Waals surface area contributed by atoms with Gasteiger partial charge in [0.1, 0.15) is 0 Å². The molecule has 0 aromatic carbocycles. The van der Waals surface area contributed by atoms with Crippen molar-refractivity contribution in [2.45, 2.75) is 60.3 Å². The molecule has 0 amide bonds. The average molecular weight is 584 g/mol. The smallest absolute Gasteiger partial charge is 0 e. The Morgan fingerprint density at radius 1 is 1.10 bits per heavy atom. The van der Waals surface area contributed by atoms with E-state index in [0.29, 0.717) is 5.41 Å². The Balaban J connectivity index is -0.0000000402. The summed E-state index contributed by atoms with van der Waals surface area (Å²) in [6, 6.07) is 0. The summed E-state index contributed by atoms with van der Waals surface area (Å²) in [6.07, 6.45) is 11.9. The predicted molar refractivity (Wildman–Crippen MR) is 81.9 cm³/mol. The van der Waals surface area contributed by atoms with E-state index in [0.717, 1.165) is 25.2 Å². The number of hydrogen-bond donors (Lipinski definition) is 0. The molecule has 0 heterocycles. The van der Waals surface area contributed by atoms with Gasteiger partial charge in [0.05, 0.1) is 0 Å². The molecular formula is C16H36Y4-4. The monoisotopic (exact) mass is 584 g/mol. The van der Waals surface area contributed by atoms with Crippen molar-refractivity contribution in [3.8, 4) is 0 Å². The maximum atomic E-state index is 3.60. The van der Waals surface area contributed by atoms with Crippen LogP contribution in [0.15, 0.2) is 6.58 Å². The Bertz CT molecular complexity index is 207. The second-order valence-electron chi connectivity index (χ2n) is 5.74. The minimum absolute atomic E-state index is 0. The van der Waals surface area contributed by atoms with Gasteiger partial charge in [0, 0.05) is 137 Å². The normalized spacial score (nSPS) is 9.95. The van der Waals surface area contributed by atoms with Crippen molar-refractivity contribution in [2.75, 3.05) is 0 Å². The molecule has 0 aliphatic heterocycles. The number of allylic oxidation sites excluding steroid dienone is 1. The van der Waals surface area contributed by atoms with E-state index in [4.69, 9.17) is 0 Å². The van der Waals surface area contributed by atoms with Gasteiger partial charge in [0.2, 0.25) is 0 Å². The summed E-state index contributed by atoms with van der Waals surface area (Å²) < 4.78 is 0. The fourth-order valence-corrected chi connectivity index (χ4v) is 1.43. The summed E-state index contributed by atoms with van der Waals surface area (Å²) in [7, 11) is 0. The van der Waals surface area contributed by atoms with Crippen LogP contribution in [0.4, 0.5) is 0 Å². The third-order valence-electron chi connectivity index (χ3n) is 3.51. The first-order valence-corrected chi connectivity index (χ1v) is 6.34. The fourth-order valence-electron chi connectivity index (χ4n) is 1.43. The van der Waals surface area contributed by atoms with E-state index < -0.39 is 0 Å². The third-order valence-corrected chi connectivity index (χ3v) is 3.51. The third kappa shape index (κ3) is 20.2. The number of unbranched alkanes of at least 4 members (excludes halogenated alkanes) is 1. The van der Waals surface area contributed by atoms with E-state index in [1.54, 1.807) is 0 Å². The van der Waals surface area contributed by atoms with Gasteiger partial charge in [-0.1, -0.05) is 33.1 Å². The summed E-state index contributed by atoms with van der Waals surface area (Å²) in [6.45, 7) is 15.1. The average Bonchev–Trinajstić information content (AvgIpc) is 2.17. The van der Waals surface area contributed by atoms with Crippen molar-refractivity contribution in [1.29, 1.82) is 0 Å². The summed E-state index contributed by atoms with van der Waals surface area (Å²) in [5, 5.41) is 0. The van der Waals surface area contributed by atoms with Gasteiger partial charge in [-0.3, -0.25) is 6.58 Å². The van der Waals surface area contributed by atoms with Crippen molar-refractivity contribution >= 4 is 0 Å². The van der Waals surface area contributed by atoms with Crippen LogP contribution in [0.25, 0.3) is 0 Å². The van der Waals surface area contributed by atoms with E-state index in [1.807, 2.05) is 0 Å². The molecular weight excluding hydrogens is 548 g/mol. The zero-order valence-electron chi connectivity index (χ0n) is 14.1. The quantitative estimate of drug-likeness (QED) is 0.224. The molecule has 0 spiro atoms. The van der Waals surface area contributed by atoms with Crippen LogP contribution in [-0.4, -0.2) is 0 Å². The molecule has 4 heteroatoms. The van der Waals surface area contributed by atoms with Gasteiger partial charge >= 0.3 is 0 Å². The van der Waals surface area contributed by atoms with Crippen molar-refractivity contribution < 1.29 is 137 Å². The summed E-state index contributed by atoms with van der Waals surface area (Å²) in [4.78, 5) is 0. The molecule has 0 unspecified atom stereocenters. The van der Waals surface area contributed by atoms with Crippen LogP contribution >= 0.6 is 0 Å². The molecule has 0 fully saturated rings. The van der Waals surface area contributed by atoms with Crippen LogP contribution in [0.2, 0.25) is 0 Å². The summed E-state index contributed by atoms with van der Waals surface area (Å²) in [5.74, 6) is 2.28. The first kappa shape index (κ1) is 35.3. The van der Waals surface area contributed by atoms with Crippen molar-refractivity contribution in [3.63, 3.8) is 0 Å². The van der Waals surface area contributed by atoms with Crippen LogP contribution in [0.5, 0.6) is 0 Å². The predicted octanol–water partition coefficient (Wildman–Crippen LogP) is 6.20. The molecule has 116 valence electrons. The van der Waals surface area contributed by atoms with E-state index in [2.05, 4.69) is 60.1 Å². The fraction of sp³-hybridized carbons (Fsp3) is 0.688. The van der Waals surface area contributed by atoms with E-state index in [1.165, 1.54) is 12.3 Å². The molecule has 0 bridgehead atoms. The van der Waals surface area contributed by atoms with Crippen LogP contribution in [0, 0.1) is 36.2 Å². The van der Waals surface area contributed by atoms with Crippen molar-refractivity contribution in [3.05, 3.63) is 31.4 Å². The summed E-state index contributed by atoms with van der Waals surface area (Å²) in [5.41, 5.74) is 0.429. The van der Waals surface area contributed by atoms with Gasteiger partial charge < -0.3 is 44.1 Å². The molecule has 0 atom stereocenters. The Labute approximate surface area is 235 Å². The van der Waals surface area contributed by atoms with Crippen molar-refractivity contribution in [1.82, 2.24) is 0 Å². The molecule has 0 aliphatic rings. The molecule has 0 aliphatic carbocycles. The molecule has 20 heavy (non-hydrogen) atoms. The number of hydrogen-bond acceptors (Lipinski definition) is 0.